The molecule has 0 unspecified atom stereocenters. The average molecular weight is 493 g/mol. The first-order valence-electron chi connectivity index (χ1n) is 11.9. The van der Waals surface area contributed by atoms with Crippen LogP contribution in [0.1, 0.15) is 37.4 Å². The third kappa shape index (κ3) is 6.95. The fourth-order valence-electron chi connectivity index (χ4n) is 4.04. The molecule has 0 amide bonds. The Morgan fingerprint density at radius 2 is 1.16 bits per heavy atom. The summed E-state index contributed by atoms with van der Waals surface area (Å²) < 4.78 is 15.6. The fourth-order valence-corrected chi connectivity index (χ4v) is 4.04. The predicted molar refractivity (Wildman–Crippen MR) is 144 cm³/mol. The number of ether oxygens (including phenoxy) is 3. The van der Waals surface area contributed by atoms with E-state index in [0.717, 1.165) is 34.6 Å². The third-order valence-corrected chi connectivity index (χ3v) is 5.83. The zero-order valence-electron chi connectivity index (χ0n) is 20.8. The molecule has 4 aromatic rings. The van der Waals surface area contributed by atoms with Crippen molar-refractivity contribution < 1.29 is 23.8 Å². The van der Waals surface area contributed by atoms with Crippen molar-refractivity contribution >= 4 is 18.0 Å². The molecule has 0 heterocycles. The van der Waals surface area contributed by atoms with Gasteiger partial charge in [-0.05, 0) is 65.9 Å². The van der Waals surface area contributed by atoms with Crippen LogP contribution in [0.4, 0.5) is 0 Å². The van der Waals surface area contributed by atoms with E-state index in [9.17, 15) is 9.59 Å². The van der Waals surface area contributed by atoms with E-state index >= 15 is 0 Å². The molecular weight excluding hydrogens is 464 g/mol. The van der Waals surface area contributed by atoms with Gasteiger partial charge < -0.3 is 14.2 Å². The minimum atomic E-state index is -0.589. The van der Waals surface area contributed by atoms with Crippen LogP contribution in [0.5, 0.6) is 11.5 Å². The van der Waals surface area contributed by atoms with Crippen molar-refractivity contribution in [2.24, 2.45) is 0 Å². The lowest BCUT2D eigenvalue weighted by Crippen LogP contribution is -2.12. The molecule has 5 nitrogen and oxygen atoms in total. The number of carbonyl (C=O) groups excluding carboxylic acids is 2. The van der Waals surface area contributed by atoms with Crippen LogP contribution in [0.15, 0.2) is 109 Å². The summed E-state index contributed by atoms with van der Waals surface area (Å²) in [6.45, 7) is 0. The predicted octanol–water partition coefficient (Wildman–Crippen LogP) is 6.92. The molecule has 0 bridgehead atoms. The molecule has 4 aromatic carbocycles. The lowest BCUT2D eigenvalue weighted by atomic mass is 9.95. The summed E-state index contributed by atoms with van der Waals surface area (Å²) in [5.74, 6) is 0.383. The van der Waals surface area contributed by atoms with E-state index in [2.05, 4.69) is 30.3 Å². The van der Waals surface area contributed by atoms with E-state index in [1.807, 2.05) is 60.7 Å². The van der Waals surface area contributed by atoms with Gasteiger partial charge in [0, 0.05) is 0 Å². The SMILES string of the molecule is COC(=O)c1ccc(/C=C(/Cc2ccccc2)Cc2ccc(Oc3ccccc3)cc2)cc1C(=O)OC. The summed E-state index contributed by atoms with van der Waals surface area (Å²) in [7, 11) is 2.57. The van der Waals surface area contributed by atoms with Crippen LogP contribution in [-0.4, -0.2) is 26.2 Å². The topological polar surface area (TPSA) is 61.8 Å². The molecule has 0 radical (unpaired) electrons. The first kappa shape index (κ1) is 25.5. The number of rotatable bonds is 9. The van der Waals surface area contributed by atoms with Crippen LogP contribution in [0.2, 0.25) is 0 Å². The zero-order chi connectivity index (χ0) is 26.0. The normalized spacial score (nSPS) is 11.0. The van der Waals surface area contributed by atoms with Gasteiger partial charge in [-0.15, -0.1) is 0 Å². The minimum Gasteiger partial charge on any atom is -0.465 e. The highest BCUT2D eigenvalue weighted by Gasteiger charge is 2.18. The van der Waals surface area contributed by atoms with Crippen LogP contribution >= 0.6 is 0 Å². The lowest BCUT2D eigenvalue weighted by Gasteiger charge is -2.12. The maximum absolute atomic E-state index is 12.4. The largest absolute Gasteiger partial charge is 0.465 e. The van der Waals surface area contributed by atoms with Crippen molar-refractivity contribution in [3.8, 4) is 11.5 Å². The first-order chi connectivity index (χ1) is 18.1. The van der Waals surface area contributed by atoms with Crippen molar-refractivity contribution in [3.63, 3.8) is 0 Å². The van der Waals surface area contributed by atoms with Gasteiger partial charge in [0.25, 0.3) is 0 Å². The number of esters is 2. The highest BCUT2D eigenvalue weighted by molar-refractivity contribution is 6.03. The number of hydrogen-bond donors (Lipinski definition) is 0. The van der Waals surface area contributed by atoms with Gasteiger partial charge in [0.15, 0.2) is 0 Å². The first-order valence-corrected chi connectivity index (χ1v) is 11.9. The number of carbonyl (C=O) groups is 2. The summed E-state index contributed by atoms with van der Waals surface area (Å²) >= 11 is 0. The average Bonchev–Trinajstić information content (AvgIpc) is 2.94. The van der Waals surface area contributed by atoms with Crippen LogP contribution in [0, 0.1) is 0 Å². The monoisotopic (exact) mass is 492 g/mol. The molecule has 0 aliphatic rings. The minimum absolute atomic E-state index is 0.171. The van der Waals surface area contributed by atoms with Crippen LogP contribution in [0.3, 0.4) is 0 Å². The van der Waals surface area contributed by atoms with Crippen molar-refractivity contribution in [2.75, 3.05) is 14.2 Å². The smallest absolute Gasteiger partial charge is 0.338 e. The number of para-hydroxylation sites is 1. The summed E-state index contributed by atoms with van der Waals surface area (Å²) in [5, 5.41) is 0. The van der Waals surface area contributed by atoms with E-state index in [4.69, 9.17) is 14.2 Å². The molecule has 0 aromatic heterocycles. The number of hydrogen-bond acceptors (Lipinski definition) is 5. The van der Waals surface area contributed by atoms with Gasteiger partial charge >= 0.3 is 11.9 Å². The molecule has 0 fully saturated rings. The molecule has 0 saturated carbocycles. The van der Waals surface area contributed by atoms with Gasteiger partial charge in [-0.25, -0.2) is 9.59 Å². The Hall–Kier alpha value is -4.64. The second kappa shape index (κ2) is 12.4. The van der Waals surface area contributed by atoms with E-state index in [-0.39, 0.29) is 11.1 Å². The zero-order valence-corrected chi connectivity index (χ0v) is 20.8. The van der Waals surface area contributed by atoms with Crippen LogP contribution < -0.4 is 4.74 Å². The standard InChI is InChI=1S/C32H28O5/c1-35-31(33)29-18-15-25(22-30(29)32(34)36-2)21-26(19-23-9-5-3-6-10-23)20-24-13-16-28(17-14-24)37-27-11-7-4-8-12-27/h3-18,21-22H,19-20H2,1-2H3/b26-21-. The Labute approximate surface area is 216 Å². The third-order valence-electron chi connectivity index (χ3n) is 5.83. The van der Waals surface area contributed by atoms with E-state index in [1.54, 1.807) is 18.2 Å². The quantitative estimate of drug-likeness (QED) is 0.237. The molecule has 0 saturated heterocycles. The molecule has 0 atom stereocenters. The van der Waals surface area contributed by atoms with Crippen LogP contribution in [0.25, 0.3) is 6.08 Å². The Kier molecular flexibility index (Phi) is 8.50. The number of allylic oxidation sites excluding steroid dienone is 1. The molecule has 37 heavy (non-hydrogen) atoms. The van der Waals surface area contributed by atoms with Gasteiger partial charge in [-0.1, -0.05) is 78.4 Å². The molecule has 0 aliphatic heterocycles. The summed E-state index contributed by atoms with van der Waals surface area (Å²) in [4.78, 5) is 24.5. The van der Waals surface area contributed by atoms with Gasteiger partial charge in [-0.3, -0.25) is 0 Å². The van der Waals surface area contributed by atoms with Crippen molar-refractivity contribution in [1.29, 1.82) is 0 Å². The van der Waals surface area contributed by atoms with E-state index in [0.29, 0.717) is 6.42 Å². The maximum Gasteiger partial charge on any atom is 0.338 e. The molecule has 186 valence electrons. The van der Waals surface area contributed by atoms with Gasteiger partial charge in [0.2, 0.25) is 0 Å². The molecule has 4 rings (SSSR count). The second-order valence-electron chi connectivity index (χ2n) is 8.49. The highest BCUT2D eigenvalue weighted by atomic mass is 16.5. The summed E-state index contributed by atoms with van der Waals surface area (Å²) in [6.07, 6.45) is 3.48. The van der Waals surface area contributed by atoms with Crippen molar-refractivity contribution in [1.82, 2.24) is 0 Å². The van der Waals surface area contributed by atoms with Gasteiger partial charge in [0.05, 0.1) is 25.3 Å². The summed E-state index contributed by atoms with van der Waals surface area (Å²) in [5.41, 5.74) is 4.58. The number of methoxy groups -OCH3 is 2. The van der Waals surface area contributed by atoms with Crippen molar-refractivity contribution in [3.05, 3.63) is 137 Å². The Balaban J connectivity index is 1.62. The van der Waals surface area contributed by atoms with Crippen LogP contribution in [-0.2, 0) is 22.3 Å². The Morgan fingerprint density at radius 1 is 0.622 bits per heavy atom. The maximum atomic E-state index is 12.4. The number of benzene rings is 4. The fraction of sp³-hybridized carbons (Fsp3) is 0.125. The summed E-state index contributed by atoms with van der Waals surface area (Å²) in [6, 6.07) is 33.0. The molecule has 0 N–H and O–H groups in total. The molecule has 5 heteroatoms. The lowest BCUT2D eigenvalue weighted by molar-refractivity contribution is 0.0555. The van der Waals surface area contributed by atoms with Gasteiger partial charge in [0.1, 0.15) is 11.5 Å². The molecular formula is C32H28O5. The Morgan fingerprint density at radius 3 is 1.78 bits per heavy atom. The Bertz CT molecular complexity index is 1370. The van der Waals surface area contributed by atoms with Crippen molar-refractivity contribution in [2.45, 2.75) is 12.8 Å². The highest BCUT2D eigenvalue weighted by Crippen LogP contribution is 2.24. The second-order valence-corrected chi connectivity index (χ2v) is 8.49. The molecule has 0 aliphatic carbocycles. The molecule has 0 spiro atoms. The van der Waals surface area contributed by atoms with E-state index < -0.39 is 11.9 Å². The van der Waals surface area contributed by atoms with E-state index in [1.165, 1.54) is 19.8 Å². The van der Waals surface area contributed by atoms with Gasteiger partial charge in [-0.2, -0.15) is 0 Å².